The maximum Gasteiger partial charge on any atom is 0.124 e. The van der Waals surface area contributed by atoms with Crippen molar-refractivity contribution in [1.29, 1.82) is 0 Å². The van der Waals surface area contributed by atoms with E-state index in [4.69, 9.17) is 0 Å². The van der Waals surface area contributed by atoms with Crippen LogP contribution >= 0.6 is 11.3 Å². The number of benzene rings is 2. The van der Waals surface area contributed by atoms with Crippen molar-refractivity contribution < 1.29 is 0 Å². The van der Waals surface area contributed by atoms with Crippen molar-refractivity contribution in [2.75, 3.05) is 0 Å². The van der Waals surface area contributed by atoms with Crippen molar-refractivity contribution in [3.05, 3.63) is 60.7 Å². The summed E-state index contributed by atoms with van der Waals surface area (Å²) < 4.78 is 2.97. The molecule has 0 N–H and O–H groups in total. The molecule has 1 aromatic heterocycles. The second-order valence-electron chi connectivity index (χ2n) is 5.14. The third-order valence-electron chi connectivity index (χ3n) is 3.54. The van der Waals surface area contributed by atoms with Gasteiger partial charge in [0.2, 0.25) is 0 Å². The van der Waals surface area contributed by atoms with Crippen molar-refractivity contribution in [2.45, 2.75) is 13.1 Å². The van der Waals surface area contributed by atoms with Crippen LogP contribution in [0, 0.1) is 0 Å². The van der Waals surface area contributed by atoms with Gasteiger partial charge in [0.25, 0.3) is 0 Å². The van der Waals surface area contributed by atoms with Crippen LogP contribution in [-0.2, 0) is 0 Å². The summed E-state index contributed by atoms with van der Waals surface area (Å²) in [7, 11) is -1.52. The number of hydrogen-bond donors (Lipinski definition) is 0. The topological polar surface area (TPSA) is 0 Å². The van der Waals surface area contributed by atoms with Gasteiger partial charge in [0.05, 0.1) is 0 Å². The summed E-state index contributed by atoms with van der Waals surface area (Å²) in [6.45, 7) is 4.88. The third kappa shape index (κ3) is 1.92. The molecule has 0 amide bonds. The summed E-state index contributed by atoms with van der Waals surface area (Å²) >= 11 is 1.96. The first-order chi connectivity index (χ1) is 8.68. The Hall–Kier alpha value is -1.38. The molecule has 0 atom stereocenters. The van der Waals surface area contributed by atoms with Crippen molar-refractivity contribution in [1.82, 2.24) is 0 Å². The highest BCUT2D eigenvalue weighted by molar-refractivity contribution is 7.33. The zero-order valence-corrected chi connectivity index (χ0v) is 12.5. The molecule has 3 aromatic rings. The lowest BCUT2D eigenvalue weighted by molar-refractivity contribution is 1.71. The molecule has 3 rings (SSSR count). The van der Waals surface area contributed by atoms with Gasteiger partial charge < -0.3 is 0 Å². The van der Waals surface area contributed by atoms with Gasteiger partial charge in [0, 0.05) is 4.70 Å². The van der Waals surface area contributed by atoms with Gasteiger partial charge in [-0.2, -0.15) is 0 Å². The van der Waals surface area contributed by atoms with Crippen molar-refractivity contribution in [2.24, 2.45) is 0 Å². The average molecular weight is 268 g/mol. The van der Waals surface area contributed by atoms with Crippen LogP contribution in [0.1, 0.15) is 0 Å². The number of hydrogen-bond acceptors (Lipinski definition) is 1. The van der Waals surface area contributed by atoms with Crippen LogP contribution in [0.15, 0.2) is 60.7 Å². The normalized spacial score (nSPS) is 11.9. The minimum atomic E-state index is -1.52. The molecular formula is C16H16SSi. The molecule has 0 radical (unpaired) electrons. The van der Waals surface area contributed by atoms with Gasteiger partial charge in [0.1, 0.15) is 8.07 Å². The summed E-state index contributed by atoms with van der Waals surface area (Å²) in [6.07, 6.45) is 0. The van der Waals surface area contributed by atoms with Crippen LogP contribution in [0.4, 0.5) is 0 Å². The molecule has 0 aliphatic rings. The lowest BCUT2D eigenvalue weighted by Crippen LogP contribution is -2.51. The zero-order valence-electron chi connectivity index (χ0n) is 10.7. The molecular weight excluding hydrogens is 252 g/mol. The third-order valence-corrected chi connectivity index (χ3v) is 9.46. The Kier molecular flexibility index (Phi) is 2.84. The minimum absolute atomic E-state index is 1.38. The number of rotatable bonds is 2. The van der Waals surface area contributed by atoms with Crippen LogP contribution in [0.3, 0.4) is 0 Å². The van der Waals surface area contributed by atoms with Crippen LogP contribution < -0.4 is 9.69 Å². The summed E-state index contributed by atoms with van der Waals surface area (Å²) in [5, 5.41) is 2.89. The van der Waals surface area contributed by atoms with Gasteiger partial charge in [-0.15, -0.1) is 11.3 Å². The fourth-order valence-corrected chi connectivity index (χ4v) is 6.63. The Balaban J connectivity index is 2.13. The molecule has 90 valence electrons. The summed E-state index contributed by atoms with van der Waals surface area (Å²) in [6, 6.07) is 22.0. The maximum absolute atomic E-state index is 2.44. The predicted molar refractivity (Wildman–Crippen MR) is 85.0 cm³/mol. The first-order valence-corrected chi connectivity index (χ1v) is 10.0. The van der Waals surface area contributed by atoms with E-state index >= 15 is 0 Å². The molecule has 0 saturated heterocycles. The Labute approximate surface area is 113 Å². The second-order valence-corrected chi connectivity index (χ2v) is 11.0. The molecule has 18 heavy (non-hydrogen) atoms. The highest BCUT2D eigenvalue weighted by atomic mass is 32.1. The maximum atomic E-state index is 2.44. The highest BCUT2D eigenvalue weighted by Crippen LogP contribution is 2.21. The molecule has 2 aromatic carbocycles. The van der Waals surface area contributed by atoms with Crippen molar-refractivity contribution >= 4 is 39.2 Å². The fourth-order valence-electron chi connectivity index (χ4n) is 2.29. The van der Waals surface area contributed by atoms with Gasteiger partial charge in [-0.1, -0.05) is 66.8 Å². The molecule has 0 aliphatic heterocycles. The van der Waals surface area contributed by atoms with E-state index in [1.165, 1.54) is 15.3 Å². The SMILES string of the molecule is C[Si](C)(c1ccccc1)c1cc2ccccc2s1. The molecule has 0 spiro atoms. The van der Waals surface area contributed by atoms with Crippen molar-refractivity contribution in [3.8, 4) is 0 Å². The van der Waals surface area contributed by atoms with Gasteiger partial charge in [-0.25, -0.2) is 0 Å². The summed E-state index contributed by atoms with van der Waals surface area (Å²) in [5.41, 5.74) is 0. The Morgan fingerprint density at radius 2 is 1.50 bits per heavy atom. The van der Waals surface area contributed by atoms with E-state index in [2.05, 4.69) is 73.8 Å². The van der Waals surface area contributed by atoms with Crippen molar-refractivity contribution in [3.63, 3.8) is 0 Å². The molecule has 2 heteroatoms. The van der Waals surface area contributed by atoms with E-state index < -0.39 is 8.07 Å². The Morgan fingerprint density at radius 3 is 2.22 bits per heavy atom. The minimum Gasteiger partial charge on any atom is -0.145 e. The monoisotopic (exact) mass is 268 g/mol. The number of thiophene rings is 1. The molecule has 0 nitrogen and oxygen atoms in total. The fraction of sp³-hybridized carbons (Fsp3) is 0.125. The van der Waals surface area contributed by atoms with Crippen LogP contribution in [0.2, 0.25) is 13.1 Å². The molecule has 0 bridgehead atoms. The number of fused-ring (bicyclic) bond motifs is 1. The zero-order chi connectivity index (χ0) is 12.6. The van der Waals surface area contributed by atoms with E-state index in [1.807, 2.05) is 11.3 Å². The lowest BCUT2D eigenvalue weighted by Gasteiger charge is -2.21. The molecule has 0 unspecified atom stereocenters. The van der Waals surface area contributed by atoms with E-state index in [-0.39, 0.29) is 0 Å². The van der Waals surface area contributed by atoms with Gasteiger partial charge in [-0.3, -0.25) is 0 Å². The lowest BCUT2D eigenvalue weighted by atomic mass is 10.3. The Morgan fingerprint density at radius 1 is 0.833 bits per heavy atom. The van der Waals surface area contributed by atoms with E-state index in [0.717, 1.165) is 0 Å². The molecule has 1 heterocycles. The molecule has 0 saturated carbocycles. The summed E-state index contributed by atoms with van der Waals surface area (Å²) in [4.78, 5) is 0. The second kappa shape index (κ2) is 4.37. The van der Waals surface area contributed by atoms with Gasteiger partial charge in [-0.05, 0) is 22.0 Å². The highest BCUT2D eigenvalue weighted by Gasteiger charge is 2.27. The Bertz CT molecular complexity index is 635. The first-order valence-electron chi connectivity index (χ1n) is 6.22. The van der Waals surface area contributed by atoms with Crippen LogP contribution in [0.5, 0.6) is 0 Å². The predicted octanol–water partition coefficient (Wildman–Crippen LogP) is 3.72. The van der Waals surface area contributed by atoms with Gasteiger partial charge in [0.15, 0.2) is 0 Å². The van der Waals surface area contributed by atoms with E-state index in [1.54, 1.807) is 4.50 Å². The standard InChI is InChI=1S/C16H16SSi/c1-18(2,14-9-4-3-5-10-14)16-12-13-8-6-7-11-15(13)17-16/h3-12H,1-2H3. The summed E-state index contributed by atoms with van der Waals surface area (Å²) in [5.74, 6) is 0. The van der Waals surface area contributed by atoms with Crippen LogP contribution in [-0.4, -0.2) is 8.07 Å². The quantitative estimate of drug-likeness (QED) is 0.621. The van der Waals surface area contributed by atoms with E-state index in [0.29, 0.717) is 0 Å². The largest absolute Gasteiger partial charge is 0.145 e. The van der Waals surface area contributed by atoms with Gasteiger partial charge >= 0.3 is 0 Å². The average Bonchev–Trinajstić information content (AvgIpc) is 2.84. The van der Waals surface area contributed by atoms with E-state index in [9.17, 15) is 0 Å². The molecule has 0 fully saturated rings. The molecule has 0 aliphatic carbocycles. The smallest absolute Gasteiger partial charge is 0.124 e. The van der Waals surface area contributed by atoms with Crippen LogP contribution in [0.25, 0.3) is 10.1 Å². The first kappa shape index (κ1) is 11.7.